The van der Waals surface area contributed by atoms with Gasteiger partial charge < -0.3 is 10.1 Å². The van der Waals surface area contributed by atoms with E-state index in [1.165, 1.54) is 6.07 Å². The van der Waals surface area contributed by atoms with E-state index < -0.39 is 15.9 Å². The molecule has 0 atom stereocenters. The summed E-state index contributed by atoms with van der Waals surface area (Å²) in [5.41, 5.74) is 0.800. The highest BCUT2D eigenvalue weighted by Gasteiger charge is 2.13. The molecular formula is C15H14BrClN2O4S. The average molecular weight is 434 g/mol. The Bertz CT molecular complexity index is 887. The van der Waals surface area contributed by atoms with Crippen LogP contribution < -0.4 is 15.2 Å². The molecule has 0 heterocycles. The van der Waals surface area contributed by atoms with Crippen molar-refractivity contribution in [1.29, 1.82) is 0 Å². The van der Waals surface area contributed by atoms with E-state index in [9.17, 15) is 13.2 Å². The number of carbonyl (C=O) groups excluding carboxylic acids is 1. The second-order valence-electron chi connectivity index (χ2n) is 4.94. The molecule has 0 aromatic heterocycles. The lowest BCUT2D eigenvalue weighted by molar-refractivity contribution is -0.118. The van der Waals surface area contributed by atoms with Crippen molar-refractivity contribution in [3.8, 4) is 5.75 Å². The number of halogens is 2. The monoisotopic (exact) mass is 432 g/mol. The molecule has 0 saturated heterocycles. The number of hydrogen-bond donors (Lipinski definition) is 2. The smallest absolute Gasteiger partial charge is 0.262 e. The zero-order valence-corrected chi connectivity index (χ0v) is 15.7. The van der Waals surface area contributed by atoms with Crippen molar-refractivity contribution in [3.05, 3.63) is 51.5 Å². The topological polar surface area (TPSA) is 98.5 Å². The quantitative estimate of drug-likeness (QED) is 0.757. The summed E-state index contributed by atoms with van der Waals surface area (Å²) in [5.74, 6) is -0.0950. The third-order valence-corrected chi connectivity index (χ3v) is 4.87. The van der Waals surface area contributed by atoms with Crippen LogP contribution in [0.3, 0.4) is 0 Å². The summed E-state index contributed by atoms with van der Waals surface area (Å²) in [6, 6.07) is 9.45. The molecule has 0 aliphatic heterocycles. The number of rotatable bonds is 5. The molecule has 0 saturated carbocycles. The van der Waals surface area contributed by atoms with E-state index in [0.29, 0.717) is 22.0 Å². The fraction of sp³-hybridized carbons (Fsp3) is 0.133. The number of anilines is 1. The first kappa shape index (κ1) is 18.7. The summed E-state index contributed by atoms with van der Waals surface area (Å²) in [7, 11) is -3.86. The van der Waals surface area contributed by atoms with Crippen LogP contribution in [0.5, 0.6) is 5.75 Å². The lowest BCUT2D eigenvalue weighted by Crippen LogP contribution is -2.21. The molecule has 1 amide bonds. The maximum atomic E-state index is 11.9. The zero-order chi connectivity index (χ0) is 17.9. The molecule has 0 aliphatic carbocycles. The maximum absolute atomic E-state index is 11.9. The zero-order valence-electron chi connectivity index (χ0n) is 12.5. The first-order valence-corrected chi connectivity index (χ1v) is 9.39. The van der Waals surface area contributed by atoms with Crippen molar-refractivity contribution < 1.29 is 17.9 Å². The van der Waals surface area contributed by atoms with Crippen LogP contribution in [0.25, 0.3) is 0 Å². The Kier molecular flexibility index (Phi) is 5.87. The Morgan fingerprint density at radius 3 is 2.62 bits per heavy atom. The molecular weight excluding hydrogens is 420 g/mol. The van der Waals surface area contributed by atoms with Gasteiger partial charge in [0.15, 0.2) is 6.61 Å². The van der Waals surface area contributed by atoms with Crippen LogP contribution in [-0.2, 0) is 14.8 Å². The molecule has 0 aliphatic rings. The van der Waals surface area contributed by atoms with Crippen LogP contribution in [-0.4, -0.2) is 20.9 Å². The van der Waals surface area contributed by atoms with E-state index in [1.807, 2.05) is 0 Å². The number of primary sulfonamides is 1. The lowest BCUT2D eigenvalue weighted by atomic mass is 10.2. The van der Waals surface area contributed by atoms with Gasteiger partial charge in [0.05, 0.1) is 9.92 Å². The van der Waals surface area contributed by atoms with Crippen molar-refractivity contribution in [1.82, 2.24) is 0 Å². The molecule has 128 valence electrons. The molecule has 3 N–H and O–H groups in total. The number of hydrogen-bond acceptors (Lipinski definition) is 4. The van der Waals surface area contributed by atoms with Crippen LogP contribution in [0.1, 0.15) is 5.56 Å². The number of amides is 1. The third kappa shape index (κ3) is 4.94. The van der Waals surface area contributed by atoms with Crippen LogP contribution in [0.15, 0.2) is 45.8 Å². The van der Waals surface area contributed by atoms with Gasteiger partial charge in [-0.05, 0) is 42.8 Å². The van der Waals surface area contributed by atoms with Crippen LogP contribution >= 0.6 is 27.5 Å². The molecule has 9 heteroatoms. The largest absolute Gasteiger partial charge is 0.482 e. The summed E-state index contributed by atoms with van der Waals surface area (Å²) in [4.78, 5) is 11.9. The van der Waals surface area contributed by atoms with Crippen LogP contribution in [0.2, 0.25) is 5.02 Å². The number of aryl methyl sites for hydroxylation is 1. The van der Waals surface area contributed by atoms with Crippen molar-refractivity contribution in [2.75, 3.05) is 11.9 Å². The molecule has 2 rings (SSSR count). The minimum Gasteiger partial charge on any atom is -0.482 e. The van der Waals surface area contributed by atoms with E-state index in [4.69, 9.17) is 21.5 Å². The second-order valence-corrected chi connectivity index (χ2v) is 7.79. The summed E-state index contributed by atoms with van der Waals surface area (Å²) >= 11 is 9.26. The van der Waals surface area contributed by atoms with E-state index in [-0.39, 0.29) is 11.5 Å². The lowest BCUT2D eigenvalue weighted by Gasteiger charge is -2.10. The molecule has 0 fully saturated rings. The Hall–Kier alpha value is -1.61. The second kappa shape index (κ2) is 7.52. The maximum Gasteiger partial charge on any atom is 0.262 e. The molecule has 6 nitrogen and oxygen atoms in total. The van der Waals surface area contributed by atoms with Gasteiger partial charge in [0, 0.05) is 10.2 Å². The molecule has 0 unspecified atom stereocenters. The molecule has 0 spiro atoms. The van der Waals surface area contributed by atoms with Gasteiger partial charge in [0.2, 0.25) is 10.0 Å². The van der Waals surface area contributed by atoms with Gasteiger partial charge >= 0.3 is 0 Å². The summed E-state index contributed by atoms with van der Waals surface area (Å²) in [5, 5.41) is 8.05. The number of ether oxygens (including phenoxy) is 1. The highest BCUT2D eigenvalue weighted by molar-refractivity contribution is 9.10. The van der Waals surface area contributed by atoms with E-state index >= 15 is 0 Å². The standard InChI is InChI=1S/C15H14BrClN2O4S/c1-9-2-4-11(7-14(9)24(18,21)22)19-15(20)8-23-13-5-3-10(16)6-12(13)17/h2-7H,8H2,1H3,(H,19,20)(H2,18,21,22). The first-order valence-electron chi connectivity index (χ1n) is 6.68. The Labute approximate surface area is 153 Å². The number of benzene rings is 2. The van der Waals surface area contributed by atoms with Crippen molar-refractivity contribution >= 4 is 49.1 Å². The van der Waals surface area contributed by atoms with Gasteiger partial charge in [-0.2, -0.15) is 0 Å². The fourth-order valence-electron chi connectivity index (χ4n) is 1.92. The summed E-state index contributed by atoms with van der Waals surface area (Å²) in [6.07, 6.45) is 0. The van der Waals surface area contributed by atoms with Crippen LogP contribution in [0.4, 0.5) is 5.69 Å². The highest BCUT2D eigenvalue weighted by atomic mass is 79.9. The van der Waals surface area contributed by atoms with E-state index in [1.54, 1.807) is 37.3 Å². The first-order chi connectivity index (χ1) is 11.2. The predicted octanol–water partition coefficient (Wildman–Crippen LogP) is 3.08. The average Bonchev–Trinajstić information content (AvgIpc) is 2.47. The van der Waals surface area contributed by atoms with Crippen molar-refractivity contribution in [2.24, 2.45) is 5.14 Å². The number of nitrogens with one attached hydrogen (secondary N) is 1. The van der Waals surface area contributed by atoms with E-state index in [2.05, 4.69) is 21.2 Å². The Balaban J connectivity index is 2.05. The van der Waals surface area contributed by atoms with Gasteiger partial charge in [-0.3, -0.25) is 4.79 Å². The van der Waals surface area contributed by atoms with Gasteiger partial charge in [-0.25, -0.2) is 13.6 Å². The van der Waals surface area contributed by atoms with Gasteiger partial charge in [0.1, 0.15) is 5.75 Å². The molecule has 0 bridgehead atoms. The minimum atomic E-state index is -3.86. The van der Waals surface area contributed by atoms with E-state index in [0.717, 1.165) is 4.47 Å². The molecule has 2 aromatic carbocycles. The van der Waals surface area contributed by atoms with Crippen molar-refractivity contribution in [3.63, 3.8) is 0 Å². The minimum absolute atomic E-state index is 0.0443. The number of nitrogens with two attached hydrogens (primary N) is 1. The molecule has 2 aromatic rings. The van der Waals surface area contributed by atoms with Crippen molar-refractivity contribution in [2.45, 2.75) is 11.8 Å². The molecule has 24 heavy (non-hydrogen) atoms. The van der Waals surface area contributed by atoms with Gasteiger partial charge in [-0.1, -0.05) is 33.6 Å². The highest BCUT2D eigenvalue weighted by Crippen LogP contribution is 2.27. The Morgan fingerprint density at radius 2 is 2.00 bits per heavy atom. The van der Waals surface area contributed by atoms with Gasteiger partial charge in [-0.15, -0.1) is 0 Å². The number of sulfonamides is 1. The SMILES string of the molecule is Cc1ccc(NC(=O)COc2ccc(Br)cc2Cl)cc1S(N)(=O)=O. The normalized spacial score (nSPS) is 11.2. The molecule has 0 radical (unpaired) electrons. The third-order valence-electron chi connectivity index (χ3n) is 3.03. The summed E-state index contributed by atoms with van der Waals surface area (Å²) < 4.78 is 29.1. The van der Waals surface area contributed by atoms with Gasteiger partial charge in [0.25, 0.3) is 5.91 Å². The number of carbonyl (C=O) groups is 1. The fourth-order valence-corrected chi connectivity index (χ4v) is 3.45. The van der Waals surface area contributed by atoms with Crippen LogP contribution in [0, 0.1) is 6.92 Å². The predicted molar refractivity (Wildman–Crippen MR) is 95.8 cm³/mol. The summed E-state index contributed by atoms with van der Waals surface area (Å²) in [6.45, 7) is 1.34. The Morgan fingerprint density at radius 1 is 1.29 bits per heavy atom.